The van der Waals surface area contributed by atoms with Crippen molar-refractivity contribution in [2.75, 3.05) is 204 Å². The van der Waals surface area contributed by atoms with Crippen molar-refractivity contribution < 1.29 is 80.4 Å². The third kappa shape index (κ3) is 34.1. The molecule has 29 heteroatoms. The van der Waals surface area contributed by atoms with E-state index in [1.165, 1.54) is 6.33 Å². The molecular weight excluding hydrogens is 1180 g/mol. The molecule has 0 bridgehead atoms. The van der Waals surface area contributed by atoms with Crippen molar-refractivity contribution >= 4 is 46.0 Å². The first-order valence-electron chi connectivity index (χ1n) is 30.7. The van der Waals surface area contributed by atoms with Crippen LogP contribution < -0.4 is 25.8 Å². The lowest BCUT2D eigenvalue weighted by Crippen LogP contribution is -2.38. The maximum Gasteiger partial charge on any atom is 0.245 e. The quantitative estimate of drug-likeness (QED) is 0.0220. The van der Waals surface area contributed by atoms with Gasteiger partial charge in [-0.05, 0) is 59.7 Å². The Bertz CT molecular complexity index is 2900. The molecule has 0 radical (unpaired) electrons. The Morgan fingerprint density at radius 1 is 0.538 bits per heavy atom. The summed E-state index contributed by atoms with van der Waals surface area (Å²) in [5, 5.41) is 22.7. The number of hydrogen-bond donors (Lipinski definition) is 4. The SMILES string of the molecule is C[N+](C)(C)CCOc1ccc(N=Nc2ccc(NC(=O)CCOCCOCCOCCOCCOCCOCCOCCOCCOCCOCCOCCOCCn3cc(CCC(=O)NCc4ccc(COc5nc(N)nc6nc[nH]c56)cc4)nn3)cc2)cc1. The normalized spacial score (nSPS) is 11.7. The van der Waals surface area contributed by atoms with Gasteiger partial charge in [-0.2, -0.15) is 20.2 Å². The number of nitrogens with two attached hydrogens (primary N) is 1. The molecule has 0 saturated heterocycles. The number of imidazole rings is 1. The van der Waals surface area contributed by atoms with Crippen LogP contribution in [0.15, 0.2) is 95.5 Å². The number of amides is 2. The molecule has 29 nitrogen and oxygen atoms in total. The number of aromatic nitrogens is 7. The van der Waals surface area contributed by atoms with E-state index in [0.717, 1.165) is 39.3 Å². The second kappa shape index (κ2) is 45.1. The Labute approximate surface area is 531 Å². The summed E-state index contributed by atoms with van der Waals surface area (Å²) in [4.78, 5) is 40.2. The van der Waals surface area contributed by atoms with Crippen LogP contribution in [-0.2, 0) is 92.5 Å². The van der Waals surface area contributed by atoms with Crippen LogP contribution in [-0.4, -0.2) is 244 Å². The Balaban J connectivity index is 0.586. The zero-order chi connectivity index (χ0) is 64.1. The molecule has 0 atom stereocenters. The summed E-state index contributed by atoms with van der Waals surface area (Å²) < 4.78 is 80.9. The van der Waals surface area contributed by atoms with Gasteiger partial charge in [0.2, 0.25) is 23.6 Å². The van der Waals surface area contributed by atoms with E-state index >= 15 is 0 Å². The van der Waals surface area contributed by atoms with Crippen molar-refractivity contribution in [2.24, 2.45) is 10.2 Å². The van der Waals surface area contributed by atoms with Crippen molar-refractivity contribution in [3.05, 3.63) is 102 Å². The summed E-state index contributed by atoms with van der Waals surface area (Å²) in [6.07, 6.45) is 4.32. The van der Waals surface area contributed by atoms with Gasteiger partial charge in [-0.15, -0.1) is 5.10 Å². The fourth-order valence-electron chi connectivity index (χ4n) is 7.77. The van der Waals surface area contributed by atoms with Gasteiger partial charge in [0.05, 0.1) is 216 Å². The molecule has 6 rings (SSSR count). The van der Waals surface area contributed by atoms with Crippen molar-refractivity contribution in [3.63, 3.8) is 0 Å². The molecule has 0 saturated carbocycles. The Morgan fingerprint density at radius 3 is 1.52 bits per heavy atom. The molecule has 0 aliphatic heterocycles. The summed E-state index contributed by atoms with van der Waals surface area (Å²) in [6, 6.07) is 22.4. The van der Waals surface area contributed by atoms with Gasteiger partial charge in [-0.1, -0.05) is 29.5 Å². The van der Waals surface area contributed by atoms with Gasteiger partial charge < -0.3 is 92.2 Å². The Hall–Kier alpha value is -7.23. The molecule has 0 unspecified atom stereocenters. The van der Waals surface area contributed by atoms with E-state index in [1.807, 2.05) is 54.7 Å². The summed E-state index contributed by atoms with van der Waals surface area (Å²) in [6.45, 7) is 13.4. The standard InChI is InChI=1S/C62H91N13O16/c1-75(2,3)20-23-90-56-15-12-54(13-16-56)71-70-53-10-8-52(9-11-53)67-58(77)18-21-78-24-26-80-28-30-82-32-34-84-36-38-86-40-42-88-44-45-89-43-41-87-39-37-85-35-33-83-31-29-81-27-25-79-22-19-74-47-55(72-73-74)14-17-57(76)64-46-50-4-6-51(7-5-50)48-91-61-59-60(66-49-65-59)68-62(63)69-61/h4-13,15-16,47,49H,14,17-46,48H2,1-3H3,(H4-,63,64,65,66,67,68,69,70,71,72,73,76,77)/p+1. The van der Waals surface area contributed by atoms with Gasteiger partial charge in [-0.3, -0.25) is 9.59 Å². The molecule has 3 aromatic heterocycles. The van der Waals surface area contributed by atoms with E-state index in [0.29, 0.717) is 213 Å². The number of aryl methyl sites for hydroxylation is 1. The van der Waals surface area contributed by atoms with Crippen LogP contribution in [0, 0.1) is 0 Å². The van der Waals surface area contributed by atoms with Crippen molar-refractivity contribution in [3.8, 4) is 11.6 Å². The van der Waals surface area contributed by atoms with Crippen LogP contribution in [0.25, 0.3) is 11.2 Å². The number of aromatic amines is 1. The van der Waals surface area contributed by atoms with Gasteiger partial charge in [0.25, 0.3) is 0 Å². The number of azo groups is 1. The summed E-state index contributed by atoms with van der Waals surface area (Å²) >= 11 is 0. The highest BCUT2D eigenvalue weighted by molar-refractivity contribution is 5.90. The van der Waals surface area contributed by atoms with Gasteiger partial charge in [0.15, 0.2) is 5.65 Å². The number of benzene rings is 3. The molecule has 0 spiro atoms. The van der Waals surface area contributed by atoms with E-state index in [2.05, 4.69) is 72.3 Å². The number of fused-ring (bicyclic) bond motifs is 1. The number of quaternary nitrogens is 1. The van der Waals surface area contributed by atoms with Gasteiger partial charge in [-0.25, -0.2) is 9.67 Å². The first-order chi connectivity index (χ1) is 44.5. The van der Waals surface area contributed by atoms with Crippen LogP contribution in [0.2, 0.25) is 0 Å². The molecule has 5 N–H and O–H groups in total. The molecule has 3 heterocycles. The molecular formula is C62H92N13O16+. The third-order valence-electron chi connectivity index (χ3n) is 12.7. The second-order valence-corrected chi connectivity index (χ2v) is 21.1. The Kier molecular flexibility index (Phi) is 36.1. The number of carbonyl (C=O) groups excluding carboxylic acids is 2. The van der Waals surface area contributed by atoms with Crippen molar-refractivity contribution in [2.45, 2.75) is 39.0 Å². The minimum absolute atomic E-state index is 0.0791. The van der Waals surface area contributed by atoms with Gasteiger partial charge >= 0.3 is 0 Å². The number of nitrogens with one attached hydrogen (secondary N) is 3. The number of hydrogen-bond acceptors (Lipinski definition) is 24. The molecule has 6 aromatic rings. The number of ether oxygens (including phenoxy) is 14. The molecule has 0 fully saturated rings. The minimum Gasteiger partial charge on any atom is -0.488 e. The average molecular weight is 1280 g/mol. The second-order valence-electron chi connectivity index (χ2n) is 21.1. The molecule has 500 valence electrons. The number of likely N-dealkylation sites (N-methyl/N-ethyl adjacent to an activating group) is 1. The lowest BCUT2D eigenvalue weighted by Gasteiger charge is -2.23. The number of anilines is 2. The van der Waals surface area contributed by atoms with Crippen molar-refractivity contribution in [1.29, 1.82) is 0 Å². The summed E-state index contributed by atoms with van der Waals surface area (Å²) in [5.41, 5.74) is 11.5. The lowest BCUT2D eigenvalue weighted by molar-refractivity contribution is -0.870. The zero-order valence-corrected chi connectivity index (χ0v) is 52.8. The molecule has 91 heavy (non-hydrogen) atoms. The number of nitrogens with zero attached hydrogens (tertiary/aromatic N) is 9. The van der Waals surface area contributed by atoms with Crippen LogP contribution in [0.1, 0.15) is 29.7 Å². The van der Waals surface area contributed by atoms with E-state index in [-0.39, 0.29) is 37.4 Å². The number of rotatable bonds is 54. The first-order valence-corrected chi connectivity index (χ1v) is 30.7. The minimum atomic E-state index is -0.147. The van der Waals surface area contributed by atoms with Crippen LogP contribution >= 0.6 is 0 Å². The third-order valence-corrected chi connectivity index (χ3v) is 12.7. The fraction of sp³-hybridized carbons (Fsp3) is 0.565. The number of carbonyl (C=O) groups is 2. The van der Waals surface area contributed by atoms with Crippen LogP contribution in [0.4, 0.5) is 23.0 Å². The molecule has 3 aromatic carbocycles. The average Bonchev–Trinajstić information content (AvgIpc) is 2.22. The van der Waals surface area contributed by atoms with E-state index in [9.17, 15) is 9.59 Å². The largest absolute Gasteiger partial charge is 0.488 e. The van der Waals surface area contributed by atoms with Crippen molar-refractivity contribution in [1.82, 2.24) is 40.2 Å². The predicted molar refractivity (Wildman–Crippen MR) is 336 cm³/mol. The monoisotopic (exact) mass is 1270 g/mol. The topological polar surface area (TPSA) is 323 Å². The first kappa shape index (κ1) is 72.8. The fourth-order valence-corrected chi connectivity index (χ4v) is 7.77. The summed E-state index contributed by atoms with van der Waals surface area (Å²) in [5.74, 6) is 0.991. The smallest absolute Gasteiger partial charge is 0.245 e. The highest BCUT2D eigenvalue weighted by Gasteiger charge is 2.12. The predicted octanol–water partition coefficient (Wildman–Crippen LogP) is 5.08. The lowest BCUT2D eigenvalue weighted by atomic mass is 10.1. The summed E-state index contributed by atoms with van der Waals surface area (Å²) in [7, 11) is 6.38. The highest BCUT2D eigenvalue weighted by Crippen LogP contribution is 2.24. The van der Waals surface area contributed by atoms with Crippen LogP contribution in [0.3, 0.4) is 0 Å². The highest BCUT2D eigenvalue weighted by atomic mass is 16.6. The van der Waals surface area contributed by atoms with Crippen LogP contribution in [0.5, 0.6) is 11.6 Å². The van der Waals surface area contributed by atoms with Gasteiger partial charge in [0.1, 0.15) is 31.0 Å². The molecule has 2 amide bonds. The maximum atomic E-state index is 12.5. The van der Waals surface area contributed by atoms with E-state index < -0.39 is 0 Å². The van der Waals surface area contributed by atoms with Gasteiger partial charge in [0, 0.05) is 31.3 Å². The number of nitrogen functional groups attached to an aromatic ring is 1. The molecule has 0 aliphatic rings. The van der Waals surface area contributed by atoms with E-state index in [4.69, 9.17) is 72.0 Å². The Morgan fingerprint density at radius 2 is 1.01 bits per heavy atom. The maximum absolute atomic E-state index is 12.5. The zero-order valence-electron chi connectivity index (χ0n) is 52.8. The van der Waals surface area contributed by atoms with E-state index in [1.54, 1.807) is 28.9 Å². The number of H-pyrrole nitrogens is 1. The molecule has 0 aliphatic carbocycles.